The van der Waals surface area contributed by atoms with Gasteiger partial charge in [-0.25, -0.2) is 0 Å². The molecule has 1 saturated heterocycles. The van der Waals surface area contributed by atoms with Crippen molar-refractivity contribution in [1.29, 1.82) is 0 Å². The lowest BCUT2D eigenvalue weighted by Crippen LogP contribution is -2.46. The van der Waals surface area contributed by atoms with Crippen molar-refractivity contribution in [1.82, 2.24) is 4.90 Å². The fourth-order valence-corrected chi connectivity index (χ4v) is 3.73. The van der Waals surface area contributed by atoms with Crippen LogP contribution in [-0.2, 0) is 10.2 Å². The van der Waals surface area contributed by atoms with Crippen molar-refractivity contribution < 1.29 is 9.53 Å². The number of piperidine rings is 1. The third-order valence-corrected chi connectivity index (χ3v) is 5.23. The molecule has 1 aliphatic heterocycles. The molecule has 1 fully saturated rings. The number of Topliss-reactive ketones (excluding diaryl/α,β-unsaturated/α-hetero) is 1. The van der Waals surface area contributed by atoms with Gasteiger partial charge in [-0.3, -0.25) is 4.79 Å². The normalized spacial score (nSPS) is 17.2. The zero-order chi connectivity index (χ0) is 17.7. The molecule has 0 bridgehead atoms. The minimum atomic E-state index is -0.423. The number of rotatable bonds is 6. The number of hydrogen-bond donors (Lipinski definition) is 0. The highest BCUT2D eigenvalue weighted by molar-refractivity contribution is 5.91. The van der Waals surface area contributed by atoms with Crippen molar-refractivity contribution in [2.24, 2.45) is 0 Å². The third-order valence-electron chi connectivity index (χ3n) is 5.23. The molecule has 0 atom stereocenters. The van der Waals surface area contributed by atoms with Crippen molar-refractivity contribution in [3.8, 4) is 11.5 Å². The van der Waals surface area contributed by atoms with E-state index in [1.807, 2.05) is 48.5 Å². The second kappa shape index (κ2) is 7.83. The maximum Gasteiger partial charge on any atom is 0.143 e. The molecule has 0 spiro atoms. The van der Waals surface area contributed by atoms with Gasteiger partial charge in [0.15, 0.2) is 0 Å². The lowest BCUT2D eigenvalue weighted by molar-refractivity contribution is -0.126. The van der Waals surface area contributed by atoms with E-state index in [1.54, 1.807) is 0 Å². The van der Waals surface area contributed by atoms with Crippen LogP contribution in [0.1, 0.15) is 38.2 Å². The summed E-state index contributed by atoms with van der Waals surface area (Å²) in [6.07, 6.45) is 3.23. The van der Waals surface area contributed by atoms with E-state index in [-0.39, 0.29) is 0 Å². The van der Waals surface area contributed by atoms with Crippen LogP contribution < -0.4 is 4.74 Å². The molecule has 1 heterocycles. The molecule has 0 radical (unpaired) electrons. The second-order valence-electron chi connectivity index (χ2n) is 6.97. The van der Waals surface area contributed by atoms with Gasteiger partial charge in [0, 0.05) is 12.0 Å². The van der Waals surface area contributed by atoms with E-state index in [1.165, 1.54) is 0 Å². The maximum atomic E-state index is 13.2. The zero-order valence-corrected chi connectivity index (χ0v) is 15.2. The van der Waals surface area contributed by atoms with E-state index in [2.05, 4.69) is 24.9 Å². The SMILES string of the molecule is CCCC(=O)C1(c2ccccc2Oc2ccccc2)CCN(C)CC1. The number of nitrogens with zero attached hydrogens (tertiary/aromatic N) is 1. The van der Waals surface area contributed by atoms with Crippen LogP contribution in [0.25, 0.3) is 0 Å². The molecule has 0 aromatic heterocycles. The van der Waals surface area contributed by atoms with E-state index < -0.39 is 5.41 Å². The first-order valence-corrected chi connectivity index (χ1v) is 9.20. The van der Waals surface area contributed by atoms with Crippen LogP contribution in [0.4, 0.5) is 0 Å². The molecule has 0 aliphatic carbocycles. The summed E-state index contributed by atoms with van der Waals surface area (Å²) in [5, 5.41) is 0. The number of para-hydroxylation sites is 2. The van der Waals surface area contributed by atoms with Gasteiger partial charge in [0.1, 0.15) is 17.3 Å². The molecule has 132 valence electrons. The molecule has 0 amide bonds. The van der Waals surface area contributed by atoms with Crippen molar-refractivity contribution >= 4 is 5.78 Å². The van der Waals surface area contributed by atoms with Gasteiger partial charge in [0.25, 0.3) is 0 Å². The van der Waals surface area contributed by atoms with Crippen molar-refractivity contribution in [2.45, 2.75) is 38.0 Å². The Bertz CT molecular complexity index is 703. The average Bonchev–Trinajstić information content (AvgIpc) is 2.64. The molecular formula is C22H27NO2. The quantitative estimate of drug-likeness (QED) is 0.757. The van der Waals surface area contributed by atoms with E-state index in [0.717, 1.165) is 49.4 Å². The summed E-state index contributed by atoms with van der Waals surface area (Å²) in [5.74, 6) is 1.97. The molecule has 2 aromatic carbocycles. The summed E-state index contributed by atoms with van der Waals surface area (Å²) in [7, 11) is 2.13. The van der Waals surface area contributed by atoms with Crippen LogP contribution in [0, 0.1) is 0 Å². The van der Waals surface area contributed by atoms with Gasteiger partial charge in [0.2, 0.25) is 0 Å². The molecule has 0 saturated carbocycles. The number of carbonyl (C=O) groups excluding carboxylic acids is 1. The number of hydrogen-bond acceptors (Lipinski definition) is 3. The zero-order valence-electron chi connectivity index (χ0n) is 15.2. The first-order valence-electron chi connectivity index (χ1n) is 9.20. The molecule has 3 heteroatoms. The fourth-order valence-electron chi connectivity index (χ4n) is 3.73. The fraction of sp³-hybridized carbons (Fsp3) is 0.409. The lowest BCUT2D eigenvalue weighted by Gasteiger charge is -2.40. The predicted molar refractivity (Wildman–Crippen MR) is 101 cm³/mol. The minimum Gasteiger partial charge on any atom is -0.457 e. The molecular weight excluding hydrogens is 310 g/mol. The van der Waals surface area contributed by atoms with Crippen LogP contribution in [0.3, 0.4) is 0 Å². The summed E-state index contributed by atoms with van der Waals surface area (Å²) >= 11 is 0. The number of ketones is 1. The van der Waals surface area contributed by atoms with Crippen LogP contribution in [-0.4, -0.2) is 30.8 Å². The Balaban J connectivity index is 2.00. The second-order valence-corrected chi connectivity index (χ2v) is 6.97. The highest BCUT2D eigenvalue weighted by atomic mass is 16.5. The molecule has 1 aliphatic rings. The summed E-state index contributed by atoms with van der Waals surface area (Å²) in [4.78, 5) is 15.5. The van der Waals surface area contributed by atoms with Gasteiger partial charge < -0.3 is 9.64 Å². The highest BCUT2D eigenvalue weighted by Gasteiger charge is 2.43. The Labute approximate surface area is 150 Å². The molecule has 25 heavy (non-hydrogen) atoms. The topological polar surface area (TPSA) is 29.5 Å². The lowest BCUT2D eigenvalue weighted by atomic mass is 9.68. The largest absolute Gasteiger partial charge is 0.457 e. The van der Waals surface area contributed by atoms with Gasteiger partial charge in [-0.2, -0.15) is 0 Å². The summed E-state index contributed by atoms with van der Waals surface area (Å²) < 4.78 is 6.18. The van der Waals surface area contributed by atoms with Crippen LogP contribution in [0.15, 0.2) is 54.6 Å². The summed E-state index contributed by atoms with van der Waals surface area (Å²) in [5.41, 5.74) is 0.624. The Kier molecular flexibility index (Phi) is 5.54. The molecule has 0 unspecified atom stereocenters. The van der Waals surface area contributed by atoms with Gasteiger partial charge in [0.05, 0.1) is 5.41 Å². The molecule has 2 aromatic rings. The average molecular weight is 337 g/mol. The van der Waals surface area contributed by atoms with Crippen molar-refractivity contribution in [3.05, 3.63) is 60.2 Å². The molecule has 0 N–H and O–H groups in total. The van der Waals surface area contributed by atoms with Crippen molar-refractivity contribution in [2.75, 3.05) is 20.1 Å². The summed E-state index contributed by atoms with van der Waals surface area (Å²) in [6.45, 7) is 3.96. The van der Waals surface area contributed by atoms with Crippen LogP contribution in [0.5, 0.6) is 11.5 Å². The highest BCUT2D eigenvalue weighted by Crippen LogP contribution is 2.43. The van der Waals surface area contributed by atoms with E-state index >= 15 is 0 Å². The van der Waals surface area contributed by atoms with E-state index in [0.29, 0.717) is 12.2 Å². The number of benzene rings is 2. The Hall–Kier alpha value is -2.13. The minimum absolute atomic E-state index is 0.354. The van der Waals surface area contributed by atoms with E-state index in [4.69, 9.17) is 4.74 Å². The number of carbonyl (C=O) groups is 1. The van der Waals surface area contributed by atoms with Gasteiger partial charge in [-0.1, -0.05) is 43.3 Å². The van der Waals surface area contributed by atoms with Gasteiger partial charge in [-0.05, 0) is 57.6 Å². The number of likely N-dealkylation sites (tertiary alicyclic amines) is 1. The van der Waals surface area contributed by atoms with Crippen molar-refractivity contribution in [3.63, 3.8) is 0 Å². The maximum absolute atomic E-state index is 13.2. The van der Waals surface area contributed by atoms with Gasteiger partial charge in [-0.15, -0.1) is 0 Å². The Morgan fingerprint density at radius 2 is 1.68 bits per heavy atom. The van der Waals surface area contributed by atoms with Gasteiger partial charge >= 0.3 is 0 Å². The summed E-state index contributed by atoms with van der Waals surface area (Å²) in [6, 6.07) is 17.9. The predicted octanol–water partition coefficient (Wildman–Crippen LogP) is 4.81. The van der Waals surface area contributed by atoms with E-state index in [9.17, 15) is 4.79 Å². The number of ether oxygens (including phenoxy) is 1. The smallest absolute Gasteiger partial charge is 0.143 e. The Morgan fingerprint density at radius 1 is 1.04 bits per heavy atom. The standard InChI is InChI=1S/C22H27NO2/c1-3-9-21(24)22(14-16-23(2)17-15-22)19-12-7-8-13-20(19)25-18-10-5-4-6-11-18/h4-8,10-13H,3,9,14-17H2,1-2H3. The monoisotopic (exact) mass is 337 g/mol. The molecule has 3 nitrogen and oxygen atoms in total. The first-order chi connectivity index (χ1) is 12.2. The van der Waals surface area contributed by atoms with Crippen LogP contribution in [0.2, 0.25) is 0 Å². The first kappa shape index (κ1) is 17.7. The third kappa shape index (κ3) is 3.77. The Morgan fingerprint density at radius 3 is 2.36 bits per heavy atom. The molecule has 3 rings (SSSR count). The van der Waals surface area contributed by atoms with Crippen LogP contribution >= 0.6 is 0 Å².